The molecule has 2 nitrogen and oxygen atoms in total. The van der Waals surface area contributed by atoms with Crippen LogP contribution in [0.3, 0.4) is 0 Å². The lowest BCUT2D eigenvalue weighted by Gasteiger charge is -2.38. The minimum Gasteiger partial charge on any atom is -0.378 e. The van der Waals surface area contributed by atoms with Crippen molar-refractivity contribution in [1.82, 2.24) is 0 Å². The van der Waals surface area contributed by atoms with E-state index >= 15 is 0 Å². The van der Waals surface area contributed by atoms with E-state index in [1.165, 1.54) is 24.3 Å². The molecular weight excluding hydrogens is 393 g/mol. The molecule has 0 radical (unpaired) electrons. The van der Waals surface area contributed by atoms with Crippen LogP contribution in [0.25, 0.3) is 0 Å². The van der Waals surface area contributed by atoms with Gasteiger partial charge in [0.05, 0.1) is 12.0 Å². The van der Waals surface area contributed by atoms with Crippen LogP contribution < -0.4 is 4.90 Å². The number of methoxy groups -OCH3 is 1. The molecule has 27 heavy (non-hydrogen) atoms. The lowest BCUT2D eigenvalue weighted by molar-refractivity contribution is -0.400. The molecule has 0 saturated carbocycles. The van der Waals surface area contributed by atoms with Gasteiger partial charge in [-0.15, -0.1) is 0 Å². The molecule has 1 aromatic rings. The normalized spacial score (nSPS) is 16.2. The summed E-state index contributed by atoms with van der Waals surface area (Å²) in [7, 11) is 4.19. The summed E-state index contributed by atoms with van der Waals surface area (Å²) < 4.78 is 123. The molecule has 0 saturated heterocycles. The van der Waals surface area contributed by atoms with E-state index in [0.29, 0.717) is 5.69 Å². The van der Waals surface area contributed by atoms with Crippen LogP contribution in [0.15, 0.2) is 24.3 Å². The molecule has 11 heteroatoms. The molecule has 0 aromatic heterocycles. The van der Waals surface area contributed by atoms with Gasteiger partial charge in [-0.05, 0) is 24.6 Å². The summed E-state index contributed by atoms with van der Waals surface area (Å²) in [6.45, 7) is 0.896. The summed E-state index contributed by atoms with van der Waals surface area (Å²) in [6.07, 6.45) is -8.95. The molecule has 0 amide bonds. The van der Waals surface area contributed by atoms with Crippen molar-refractivity contribution in [2.75, 3.05) is 26.1 Å². The molecule has 1 atom stereocenters. The third kappa shape index (κ3) is 4.12. The number of hydrogen-bond donors (Lipinski definition) is 0. The monoisotopic (exact) mass is 411 g/mol. The van der Waals surface area contributed by atoms with Gasteiger partial charge in [0.2, 0.25) is 0 Å². The van der Waals surface area contributed by atoms with Gasteiger partial charge in [0.1, 0.15) is 0 Å². The first-order valence-electron chi connectivity index (χ1n) is 7.46. The lowest BCUT2D eigenvalue weighted by Crippen LogP contribution is -2.62. The molecule has 1 rings (SSSR count). The highest BCUT2D eigenvalue weighted by atomic mass is 19.4. The van der Waals surface area contributed by atoms with Crippen LogP contribution in [-0.4, -0.2) is 45.1 Å². The van der Waals surface area contributed by atoms with Crippen LogP contribution in [-0.2, 0) is 10.3 Å². The Morgan fingerprint density at radius 3 is 1.59 bits per heavy atom. The van der Waals surface area contributed by atoms with Crippen LogP contribution in [0, 0.1) is 0 Å². The van der Waals surface area contributed by atoms with E-state index in [0.717, 1.165) is 14.0 Å². The lowest BCUT2D eigenvalue weighted by atomic mass is 9.85. The average Bonchev–Trinajstić information content (AvgIpc) is 2.53. The molecule has 0 bridgehead atoms. The molecule has 0 aliphatic carbocycles. The summed E-state index contributed by atoms with van der Waals surface area (Å²) in [5.74, 6) is -19.3. The van der Waals surface area contributed by atoms with Gasteiger partial charge in [-0.3, -0.25) is 0 Å². The highest BCUT2D eigenvalue weighted by molar-refractivity contribution is 5.47. The van der Waals surface area contributed by atoms with E-state index in [1.807, 2.05) is 0 Å². The second kappa shape index (κ2) is 7.06. The smallest absolute Gasteiger partial charge is 0.378 e. The Hall–Kier alpha value is -1.65. The van der Waals surface area contributed by atoms with Crippen molar-refractivity contribution < 1.29 is 44.3 Å². The van der Waals surface area contributed by atoms with Gasteiger partial charge in [0, 0.05) is 26.9 Å². The Labute approximate surface area is 149 Å². The molecule has 0 N–H and O–H groups in total. The predicted molar refractivity (Wildman–Crippen MR) is 80.6 cm³/mol. The van der Waals surface area contributed by atoms with Gasteiger partial charge in [-0.25, -0.2) is 0 Å². The number of alkyl halides is 9. The standard InChI is InChI=1S/C16H18F9NO/c1-12(27-4,10-5-7-11(8-6-10)26(2)3)9-13(17,18)14(19,20)15(21,22)16(23,24)25/h5-8H,9H2,1-4H3. The highest BCUT2D eigenvalue weighted by Crippen LogP contribution is 2.56. The number of anilines is 1. The molecule has 0 heterocycles. The third-order valence-electron chi connectivity index (χ3n) is 4.21. The van der Waals surface area contributed by atoms with Gasteiger partial charge < -0.3 is 9.64 Å². The van der Waals surface area contributed by atoms with Crippen LogP contribution in [0.5, 0.6) is 0 Å². The van der Waals surface area contributed by atoms with Gasteiger partial charge in [0.15, 0.2) is 0 Å². The van der Waals surface area contributed by atoms with Crippen LogP contribution in [0.2, 0.25) is 0 Å². The fraction of sp³-hybridized carbons (Fsp3) is 0.625. The number of halogens is 9. The minimum absolute atomic E-state index is 0.0959. The second-order valence-corrected chi connectivity index (χ2v) is 6.40. The minimum atomic E-state index is -6.92. The van der Waals surface area contributed by atoms with Gasteiger partial charge in [-0.1, -0.05) is 12.1 Å². The molecule has 0 aliphatic rings. The van der Waals surface area contributed by atoms with Crippen LogP contribution in [0.1, 0.15) is 18.9 Å². The highest BCUT2D eigenvalue weighted by Gasteiger charge is 2.82. The first-order valence-corrected chi connectivity index (χ1v) is 7.46. The fourth-order valence-corrected chi connectivity index (χ4v) is 2.35. The average molecular weight is 411 g/mol. The van der Waals surface area contributed by atoms with Crippen molar-refractivity contribution >= 4 is 5.69 Å². The zero-order chi connectivity index (χ0) is 21.5. The molecule has 0 fully saturated rings. The van der Waals surface area contributed by atoms with E-state index in [1.54, 1.807) is 19.0 Å². The largest absolute Gasteiger partial charge is 0.460 e. The van der Waals surface area contributed by atoms with Crippen molar-refractivity contribution in [3.63, 3.8) is 0 Å². The summed E-state index contributed by atoms with van der Waals surface area (Å²) in [5, 5.41) is 0. The molecule has 1 unspecified atom stereocenters. The van der Waals surface area contributed by atoms with Crippen LogP contribution >= 0.6 is 0 Å². The Bertz CT molecular complexity index is 640. The van der Waals surface area contributed by atoms with E-state index in [2.05, 4.69) is 0 Å². The number of ether oxygens (including phenoxy) is 1. The summed E-state index contributed by atoms with van der Waals surface area (Å²) >= 11 is 0. The van der Waals surface area contributed by atoms with E-state index < -0.39 is 36.0 Å². The molecular formula is C16H18F9NO. The van der Waals surface area contributed by atoms with Crippen molar-refractivity contribution in [2.45, 2.75) is 42.9 Å². The SMILES string of the molecule is COC(C)(CC(F)(F)C(F)(F)C(F)(F)C(F)(F)F)c1ccc(N(C)C)cc1. The van der Waals surface area contributed by atoms with E-state index in [9.17, 15) is 39.5 Å². The van der Waals surface area contributed by atoms with Gasteiger partial charge in [0.25, 0.3) is 0 Å². The maximum Gasteiger partial charge on any atom is 0.460 e. The first kappa shape index (κ1) is 23.4. The predicted octanol–water partition coefficient (Wildman–Crippen LogP) is 5.47. The zero-order valence-electron chi connectivity index (χ0n) is 14.8. The maximum absolute atomic E-state index is 14.0. The quantitative estimate of drug-likeness (QED) is 0.552. The van der Waals surface area contributed by atoms with Gasteiger partial charge >= 0.3 is 23.9 Å². The first-order chi connectivity index (χ1) is 11.9. The van der Waals surface area contributed by atoms with Gasteiger partial charge in [-0.2, -0.15) is 39.5 Å². The molecule has 0 spiro atoms. The maximum atomic E-state index is 14.0. The molecule has 1 aromatic carbocycles. The Kier molecular flexibility index (Phi) is 6.12. The fourth-order valence-electron chi connectivity index (χ4n) is 2.35. The summed E-state index contributed by atoms with van der Waals surface area (Å²) in [6, 6.07) is 5.31. The van der Waals surface area contributed by atoms with Crippen molar-refractivity contribution in [3.8, 4) is 0 Å². The Balaban J connectivity index is 3.30. The van der Waals surface area contributed by atoms with Crippen LogP contribution in [0.4, 0.5) is 45.2 Å². The Morgan fingerprint density at radius 1 is 0.815 bits per heavy atom. The van der Waals surface area contributed by atoms with E-state index in [4.69, 9.17) is 4.74 Å². The number of hydrogen-bond acceptors (Lipinski definition) is 2. The third-order valence-corrected chi connectivity index (χ3v) is 4.21. The van der Waals surface area contributed by atoms with Crippen molar-refractivity contribution in [1.29, 1.82) is 0 Å². The summed E-state index contributed by atoms with van der Waals surface area (Å²) in [4.78, 5) is 1.64. The Morgan fingerprint density at radius 2 is 1.26 bits per heavy atom. The number of rotatable bonds is 7. The second-order valence-electron chi connectivity index (χ2n) is 6.40. The number of benzene rings is 1. The summed E-state index contributed by atoms with van der Waals surface area (Å²) in [5.41, 5.74) is -1.74. The zero-order valence-corrected chi connectivity index (χ0v) is 14.8. The number of nitrogens with zero attached hydrogens (tertiary/aromatic N) is 1. The van der Waals surface area contributed by atoms with Crippen molar-refractivity contribution in [3.05, 3.63) is 29.8 Å². The molecule has 156 valence electrons. The molecule has 0 aliphatic heterocycles. The van der Waals surface area contributed by atoms with Crippen molar-refractivity contribution in [2.24, 2.45) is 0 Å². The topological polar surface area (TPSA) is 12.5 Å². The van der Waals surface area contributed by atoms with E-state index in [-0.39, 0.29) is 5.56 Å².